The van der Waals surface area contributed by atoms with E-state index >= 15 is 0 Å². The molecule has 0 spiro atoms. The van der Waals surface area contributed by atoms with Gasteiger partial charge in [0.1, 0.15) is 11.6 Å². The monoisotopic (exact) mass is 209 g/mol. The predicted octanol–water partition coefficient (Wildman–Crippen LogP) is 3.13. The van der Waals surface area contributed by atoms with Crippen LogP contribution in [-0.2, 0) is 4.79 Å². The smallest absolute Gasteiger partial charge is 0.346 e. The molecular weight excluding hydrogens is 190 g/mol. The molecule has 0 aromatic rings. The Hall–Kier alpha value is -1.30. The number of nitriles is 1. The van der Waals surface area contributed by atoms with Gasteiger partial charge in [0, 0.05) is 0 Å². The molecule has 0 fully saturated rings. The highest BCUT2D eigenvalue weighted by atomic mass is 16.4. The van der Waals surface area contributed by atoms with Crippen molar-refractivity contribution < 1.29 is 9.90 Å². The zero-order valence-electron chi connectivity index (χ0n) is 9.92. The van der Waals surface area contributed by atoms with E-state index in [0.717, 1.165) is 12.0 Å². The molecule has 1 N–H and O–H groups in total. The summed E-state index contributed by atoms with van der Waals surface area (Å²) in [5.74, 6) is -1.11. The lowest BCUT2D eigenvalue weighted by Crippen LogP contribution is -2.11. The molecule has 3 nitrogen and oxygen atoms in total. The van der Waals surface area contributed by atoms with Crippen molar-refractivity contribution >= 4 is 5.97 Å². The Morgan fingerprint density at radius 1 is 1.40 bits per heavy atom. The Labute approximate surface area is 91.4 Å². The van der Waals surface area contributed by atoms with E-state index in [9.17, 15) is 4.79 Å². The molecule has 0 aliphatic carbocycles. The molecule has 0 aliphatic heterocycles. The van der Waals surface area contributed by atoms with Crippen LogP contribution in [0.5, 0.6) is 0 Å². The summed E-state index contributed by atoms with van der Waals surface area (Å²) in [6.45, 7) is 8.11. The van der Waals surface area contributed by atoms with Crippen molar-refractivity contribution in [2.24, 2.45) is 5.41 Å². The molecule has 0 radical (unpaired) electrons. The lowest BCUT2D eigenvalue weighted by molar-refractivity contribution is -0.132. The highest BCUT2D eigenvalue weighted by molar-refractivity contribution is 5.92. The van der Waals surface area contributed by atoms with E-state index in [4.69, 9.17) is 10.4 Å². The van der Waals surface area contributed by atoms with Crippen LogP contribution in [0.25, 0.3) is 0 Å². The lowest BCUT2D eigenvalue weighted by Gasteiger charge is -2.20. The van der Waals surface area contributed by atoms with Gasteiger partial charge in [-0.05, 0) is 23.8 Å². The first-order valence-electron chi connectivity index (χ1n) is 5.17. The molecular formula is C12H19NO2. The first-order chi connectivity index (χ1) is 6.81. The fraction of sp³-hybridized carbons (Fsp3) is 0.667. The molecule has 0 atom stereocenters. The maximum absolute atomic E-state index is 10.9. The van der Waals surface area contributed by atoms with Crippen molar-refractivity contribution in [1.29, 1.82) is 5.26 Å². The first kappa shape index (κ1) is 13.7. The second-order valence-corrected chi connectivity index (χ2v) is 4.88. The summed E-state index contributed by atoms with van der Waals surface area (Å²) >= 11 is 0. The van der Waals surface area contributed by atoms with Crippen molar-refractivity contribution in [2.75, 3.05) is 0 Å². The molecule has 3 heteroatoms. The van der Waals surface area contributed by atoms with Crippen LogP contribution < -0.4 is 0 Å². The summed E-state index contributed by atoms with van der Waals surface area (Å²) in [5.41, 5.74) is 0.703. The summed E-state index contributed by atoms with van der Waals surface area (Å²) < 4.78 is 0. The van der Waals surface area contributed by atoms with Crippen molar-refractivity contribution in [2.45, 2.75) is 47.0 Å². The van der Waals surface area contributed by atoms with E-state index in [1.54, 1.807) is 6.07 Å². The van der Waals surface area contributed by atoms with Gasteiger partial charge in [0.15, 0.2) is 0 Å². The van der Waals surface area contributed by atoms with Crippen LogP contribution in [-0.4, -0.2) is 11.1 Å². The molecule has 0 heterocycles. The molecule has 0 bridgehead atoms. The fourth-order valence-corrected chi connectivity index (χ4v) is 1.52. The van der Waals surface area contributed by atoms with Crippen molar-refractivity contribution in [3.05, 3.63) is 11.1 Å². The number of carbonyl (C=O) groups is 1. The molecule has 0 saturated carbocycles. The molecule has 0 unspecified atom stereocenters. The quantitative estimate of drug-likeness (QED) is 0.571. The van der Waals surface area contributed by atoms with Gasteiger partial charge in [-0.2, -0.15) is 5.26 Å². The second kappa shape index (κ2) is 5.55. The van der Waals surface area contributed by atoms with Gasteiger partial charge in [-0.1, -0.05) is 34.1 Å². The lowest BCUT2D eigenvalue weighted by atomic mass is 9.84. The Balaban J connectivity index is 5.09. The van der Waals surface area contributed by atoms with Gasteiger partial charge in [-0.15, -0.1) is 0 Å². The number of aliphatic carboxylic acids is 1. The zero-order valence-corrected chi connectivity index (χ0v) is 9.92. The topological polar surface area (TPSA) is 61.1 Å². The molecule has 0 rings (SSSR count). The summed E-state index contributed by atoms with van der Waals surface area (Å²) in [4.78, 5) is 10.9. The van der Waals surface area contributed by atoms with Gasteiger partial charge < -0.3 is 5.11 Å². The largest absolute Gasteiger partial charge is 0.477 e. The Kier molecular flexibility index (Phi) is 5.07. The summed E-state index contributed by atoms with van der Waals surface area (Å²) in [6, 6.07) is 1.79. The third-order valence-electron chi connectivity index (χ3n) is 1.97. The average molecular weight is 209 g/mol. The van der Waals surface area contributed by atoms with Gasteiger partial charge in [-0.3, -0.25) is 0 Å². The van der Waals surface area contributed by atoms with Crippen LogP contribution in [0.2, 0.25) is 0 Å². The maximum Gasteiger partial charge on any atom is 0.346 e. The third kappa shape index (κ3) is 5.21. The second-order valence-electron chi connectivity index (χ2n) is 4.88. The summed E-state index contributed by atoms with van der Waals surface area (Å²) in [7, 11) is 0. The molecule has 0 saturated heterocycles. The van der Waals surface area contributed by atoms with Crippen molar-refractivity contribution in [3.8, 4) is 6.07 Å². The van der Waals surface area contributed by atoms with E-state index in [0.29, 0.717) is 12.8 Å². The molecule has 0 aliphatic rings. The number of allylic oxidation sites excluding steroid dienone is 1. The van der Waals surface area contributed by atoms with E-state index in [1.807, 2.05) is 27.7 Å². The Morgan fingerprint density at radius 3 is 2.20 bits per heavy atom. The van der Waals surface area contributed by atoms with Crippen LogP contribution in [0.1, 0.15) is 47.0 Å². The van der Waals surface area contributed by atoms with Crippen LogP contribution in [0.4, 0.5) is 0 Å². The number of nitrogens with zero attached hydrogens (tertiary/aromatic N) is 1. The van der Waals surface area contributed by atoms with Crippen LogP contribution >= 0.6 is 0 Å². The van der Waals surface area contributed by atoms with Crippen LogP contribution in [0.15, 0.2) is 11.1 Å². The number of carboxylic acids is 1. The van der Waals surface area contributed by atoms with Gasteiger partial charge in [0.25, 0.3) is 0 Å². The molecule has 0 aromatic carbocycles. The van der Waals surface area contributed by atoms with E-state index in [-0.39, 0.29) is 11.0 Å². The molecule has 0 amide bonds. The average Bonchev–Trinajstić information content (AvgIpc) is 2.01. The number of hydrogen-bond acceptors (Lipinski definition) is 2. The number of carboxylic acid groups (broad SMARTS) is 1. The van der Waals surface area contributed by atoms with Crippen LogP contribution in [0.3, 0.4) is 0 Å². The van der Waals surface area contributed by atoms with Gasteiger partial charge in [0.2, 0.25) is 0 Å². The number of hydrogen-bond donors (Lipinski definition) is 1. The van der Waals surface area contributed by atoms with E-state index < -0.39 is 5.97 Å². The first-order valence-corrected chi connectivity index (χ1v) is 5.17. The van der Waals surface area contributed by atoms with Crippen molar-refractivity contribution in [1.82, 2.24) is 0 Å². The SMILES string of the molecule is CCCC(CC(C)(C)C)=C(C#N)C(=O)O. The van der Waals surface area contributed by atoms with E-state index in [1.165, 1.54) is 0 Å². The van der Waals surface area contributed by atoms with Gasteiger partial charge in [-0.25, -0.2) is 4.79 Å². The van der Waals surface area contributed by atoms with Gasteiger partial charge in [0.05, 0.1) is 0 Å². The summed E-state index contributed by atoms with van der Waals surface area (Å²) in [5, 5.41) is 17.7. The minimum Gasteiger partial charge on any atom is -0.477 e. The Morgan fingerprint density at radius 2 is 1.93 bits per heavy atom. The minimum atomic E-state index is -1.11. The fourth-order valence-electron chi connectivity index (χ4n) is 1.52. The predicted molar refractivity (Wildman–Crippen MR) is 59.3 cm³/mol. The van der Waals surface area contributed by atoms with Gasteiger partial charge >= 0.3 is 5.97 Å². The highest BCUT2D eigenvalue weighted by Gasteiger charge is 2.19. The molecule has 84 valence electrons. The maximum atomic E-state index is 10.9. The highest BCUT2D eigenvalue weighted by Crippen LogP contribution is 2.28. The number of rotatable bonds is 4. The molecule has 0 aromatic heterocycles. The normalized spacial score (nSPS) is 13.0. The Bertz CT molecular complexity index is 303. The minimum absolute atomic E-state index is 0.0159. The van der Waals surface area contributed by atoms with E-state index in [2.05, 4.69) is 0 Å². The van der Waals surface area contributed by atoms with Crippen molar-refractivity contribution in [3.63, 3.8) is 0 Å². The third-order valence-corrected chi connectivity index (χ3v) is 1.97. The standard InChI is InChI=1S/C12H19NO2/c1-5-6-9(7-12(2,3)4)10(8-13)11(14)15/h5-7H2,1-4H3,(H,14,15). The van der Waals surface area contributed by atoms with Crippen LogP contribution in [0, 0.1) is 16.7 Å². The summed E-state index contributed by atoms with van der Waals surface area (Å²) in [6.07, 6.45) is 2.21. The zero-order chi connectivity index (χ0) is 12.1. The molecule has 15 heavy (non-hydrogen) atoms.